The van der Waals surface area contributed by atoms with Crippen molar-refractivity contribution in [2.24, 2.45) is 0 Å². The van der Waals surface area contributed by atoms with Gasteiger partial charge >= 0.3 is 0 Å². The largest absolute Gasteiger partial charge is 0.504 e. The second-order valence-corrected chi connectivity index (χ2v) is 4.45. The summed E-state index contributed by atoms with van der Waals surface area (Å²) in [4.78, 5) is 11.6. The molecule has 0 saturated heterocycles. The third kappa shape index (κ3) is 2.89. The molecule has 0 radical (unpaired) electrons. The number of carbonyl (C=O) groups excluding carboxylic acids is 1. The molecule has 0 aromatic heterocycles. The smallest absolute Gasteiger partial charge is 0.254 e. The van der Waals surface area contributed by atoms with Crippen LogP contribution in [0, 0.1) is 0 Å². The first kappa shape index (κ1) is 12.4. The van der Waals surface area contributed by atoms with Crippen LogP contribution in [0.25, 0.3) is 0 Å². The number of hydrogen-bond acceptors (Lipinski definition) is 3. The number of carbonyl (C=O) groups is 1. The Morgan fingerprint density at radius 2 is 2.00 bits per heavy atom. The van der Waals surface area contributed by atoms with Gasteiger partial charge in [-0.25, -0.2) is 0 Å². The molecule has 88 valence electrons. The molecule has 0 aliphatic carbocycles. The van der Waals surface area contributed by atoms with E-state index >= 15 is 0 Å². The fraction of sp³-hybridized carbons (Fsp3) is 0.417. The summed E-state index contributed by atoms with van der Waals surface area (Å²) in [7, 11) is 1.53. The van der Waals surface area contributed by atoms with Gasteiger partial charge in [0.1, 0.15) is 5.60 Å². The number of rotatable bonds is 2. The lowest BCUT2D eigenvalue weighted by Gasteiger charge is -2.23. The molecule has 2 N–H and O–H groups in total. The molecule has 0 aliphatic heterocycles. The maximum absolute atomic E-state index is 11.6. The van der Waals surface area contributed by atoms with Gasteiger partial charge in [0.25, 0.3) is 5.91 Å². The lowest BCUT2D eigenvalue weighted by atomic mass is 10.1. The average molecular weight is 223 g/mol. The molecular weight excluding hydrogens is 206 g/mol. The second-order valence-electron chi connectivity index (χ2n) is 4.45. The molecular formula is C12H17NO3. The topological polar surface area (TPSA) is 58.6 Å². The van der Waals surface area contributed by atoms with Crippen LogP contribution in [0.3, 0.4) is 0 Å². The predicted octanol–water partition coefficient (Wildman–Crippen LogP) is 1.93. The van der Waals surface area contributed by atoms with Crippen molar-refractivity contribution >= 4 is 5.91 Å². The number of amides is 1. The van der Waals surface area contributed by atoms with Gasteiger partial charge in [-0.1, -0.05) is 6.07 Å². The van der Waals surface area contributed by atoms with Crippen molar-refractivity contribution in [1.29, 1.82) is 0 Å². The van der Waals surface area contributed by atoms with E-state index < -0.39 is 5.60 Å². The molecule has 1 rings (SSSR count). The van der Waals surface area contributed by atoms with Gasteiger partial charge in [0.2, 0.25) is 0 Å². The quantitative estimate of drug-likeness (QED) is 0.805. The minimum atomic E-state index is -0.471. The van der Waals surface area contributed by atoms with Crippen molar-refractivity contribution in [3.63, 3.8) is 0 Å². The fourth-order valence-electron chi connectivity index (χ4n) is 1.25. The highest BCUT2D eigenvalue weighted by Gasteiger charge is 2.20. The average Bonchev–Trinajstić information content (AvgIpc) is 2.18. The standard InChI is InChI=1S/C12H17NO3/c1-12(2,3)16-10-8(11(15)13-4)6-5-7-9(10)14/h5-7,14H,1-4H3,(H,13,15). The van der Waals surface area contributed by atoms with Crippen LogP contribution in [0.15, 0.2) is 18.2 Å². The lowest BCUT2D eigenvalue weighted by Crippen LogP contribution is -2.26. The Balaban J connectivity index is 3.19. The predicted molar refractivity (Wildman–Crippen MR) is 61.9 cm³/mol. The zero-order chi connectivity index (χ0) is 12.3. The van der Waals surface area contributed by atoms with Gasteiger partial charge < -0.3 is 15.2 Å². The summed E-state index contributed by atoms with van der Waals surface area (Å²) in [5.41, 5.74) is -0.140. The van der Waals surface area contributed by atoms with E-state index in [-0.39, 0.29) is 17.4 Å². The first-order chi connectivity index (χ1) is 7.35. The Bertz CT molecular complexity index is 394. The van der Waals surface area contributed by atoms with E-state index in [4.69, 9.17) is 4.74 Å². The van der Waals surface area contributed by atoms with E-state index in [1.54, 1.807) is 12.1 Å². The Morgan fingerprint density at radius 1 is 1.38 bits per heavy atom. The van der Waals surface area contributed by atoms with Gasteiger partial charge in [0, 0.05) is 7.05 Å². The number of phenols is 1. The van der Waals surface area contributed by atoms with Crippen LogP contribution < -0.4 is 10.1 Å². The first-order valence-corrected chi connectivity index (χ1v) is 5.08. The number of ether oxygens (including phenoxy) is 1. The summed E-state index contributed by atoms with van der Waals surface area (Å²) in [6.07, 6.45) is 0. The molecule has 0 fully saturated rings. The Hall–Kier alpha value is -1.71. The van der Waals surface area contributed by atoms with Crippen molar-refractivity contribution in [2.75, 3.05) is 7.05 Å². The van der Waals surface area contributed by atoms with Crippen molar-refractivity contribution in [2.45, 2.75) is 26.4 Å². The summed E-state index contributed by atoms with van der Waals surface area (Å²) in [6.45, 7) is 5.56. The number of benzene rings is 1. The van der Waals surface area contributed by atoms with Gasteiger partial charge in [-0.3, -0.25) is 4.79 Å². The van der Waals surface area contributed by atoms with Crippen LogP contribution >= 0.6 is 0 Å². The van der Waals surface area contributed by atoms with Crippen molar-refractivity contribution in [1.82, 2.24) is 5.32 Å². The summed E-state index contributed by atoms with van der Waals surface area (Å²) in [5.74, 6) is -0.0967. The van der Waals surface area contributed by atoms with Gasteiger partial charge in [-0.15, -0.1) is 0 Å². The van der Waals surface area contributed by atoms with Gasteiger partial charge in [-0.2, -0.15) is 0 Å². The van der Waals surface area contributed by atoms with Crippen molar-refractivity contribution < 1.29 is 14.6 Å². The van der Waals surface area contributed by atoms with E-state index in [1.165, 1.54) is 13.1 Å². The number of para-hydroxylation sites is 1. The van der Waals surface area contributed by atoms with E-state index in [0.29, 0.717) is 5.56 Å². The maximum atomic E-state index is 11.6. The number of phenolic OH excluding ortho intramolecular Hbond substituents is 1. The molecule has 0 atom stereocenters. The normalized spacial score (nSPS) is 11.0. The minimum Gasteiger partial charge on any atom is -0.504 e. The fourth-order valence-corrected chi connectivity index (χ4v) is 1.25. The molecule has 1 aromatic rings. The van der Waals surface area contributed by atoms with Crippen LogP contribution in [0.2, 0.25) is 0 Å². The molecule has 1 amide bonds. The van der Waals surface area contributed by atoms with Gasteiger partial charge in [0.05, 0.1) is 5.56 Å². The van der Waals surface area contributed by atoms with E-state index in [0.717, 1.165) is 0 Å². The monoisotopic (exact) mass is 223 g/mol. The highest BCUT2D eigenvalue weighted by atomic mass is 16.5. The molecule has 1 aromatic carbocycles. The lowest BCUT2D eigenvalue weighted by molar-refractivity contribution is 0.0937. The van der Waals surface area contributed by atoms with E-state index in [1.807, 2.05) is 20.8 Å². The molecule has 0 unspecified atom stereocenters. The summed E-state index contributed by atoms with van der Waals surface area (Å²) in [5, 5.41) is 12.2. The second kappa shape index (κ2) is 4.43. The summed E-state index contributed by atoms with van der Waals surface area (Å²) < 4.78 is 5.58. The number of hydrogen-bond donors (Lipinski definition) is 2. The SMILES string of the molecule is CNC(=O)c1cccc(O)c1OC(C)(C)C. The van der Waals surface area contributed by atoms with Crippen molar-refractivity contribution in [3.8, 4) is 11.5 Å². The van der Waals surface area contributed by atoms with Gasteiger partial charge in [-0.05, 0) is 32.9 Å². The van der Waals surface area contributed by atoms with Crippen molar-refractivity contribution in [3.05, 3.63) is 23.8 Å². The van der Waals surface area contributed by atoms with Gasteiger partial charge in [0.15, 0.2) is 11.5 Å². The molecule has 0 aliphatic rings. The Labute approximate surface area is 95.2 Å². The third-order valence-electron chi connectivity index (χ3n) is 1.87. The Kier molecular flexibility index (Phi) is 3.42. The number of nitrogens with one attached hydrogen (secondary N) is 1. The van der Waals surface area contributed by atoms with E-state index in [2.05, 4.69) is 5.32 Å². The first-order valence-electron chi connectivity index (χ1n) is 5.08. The van der Waals surface area contributed by atoms with Crippen LogP contribution in [-0.4, -0.2) is 23.7 Å². The van der Waals surface area contributed by atoms with E-state index in [9.17, 15) is 9.90 Å². The Morgan fingerprint density at radius 3 is 2.50 bits per heavy atom. The van der Waals surface area contributed by atoms with Crippen LogP contribution in [0.5, 0.6) is 11.5 Å². The molecule has 0 spiro atoms. The zero-order valence-corrected chi connectivity index (χ0v) is 10.00. The van der Waals surface area contributed by atoms with Crippen LogP contribution in [0.4, 0.5) is 0 Å². The molecule has 0 heterocycles. The molecule has 0 saturated carbocycles. The third-order valence-corrected chi connectivity index (χ3v) is 1.87. The summed E-state index contributed by atoms with van der Waals surface area (Å²) in [6, 6.07) is 4.71. The maximum Gasteiger partial charge on any atom is 0.254 e. The van der Waals surface area contributed by atoms with Crippen LogP contribution in [-0.2, 0) is 0 Å². The summed E-state index contributed by atoms with van der Waals surface area (Å²) >= 11 is 0. The highest BCUT2D eigenvalue weighted by molar-refractivity contribution is 5.97. The minimum absolute atomic E-state index is 0.0315. The highest BCUT2D eigenvalue weighted by Crippen LogP contribution is 2.32. The molecule has 4 nitrogen and oxygen atoms in total. The number of aromatic hydroxyl groups is 1. The zero-order valence-electron chi connectivity index (χ0n) is 10.00. The molecule has 0 bridgehead atoms. The molecule has 16 heavy (non-hydrogen) atoms. The molecule has 4 heteroatoms. The van der Waals surface area contributed by atoms with Crippen LogP contribution in [0.1, 0.15) is 31.1 Å².